The Morgan fingerprint density at radius 1 is 1.32 bits per heavy atom. The van der Waals surface area contributed by atoms with Crippen LogP contribution in [0.1, 0.15) is 22.5 Å². The van der Waals surface area contributed by atoms with Crippen molar-refractivity contribution >= 4 is 11.6 Å². The fourth-order valence-corrected chi connectivity index (χ4v) is 2.52. The summed E-state index contributed by atoms with van der Waals surface area (Å²) < 4.78 is 2.06. The molecule has 0 saturated heterocycles. The van der Waals surface area contributed by atoms with Crippen LogP contribution in [0.25, 0.3) is 0 Å². The highest BCUT2D eigenvalue weighted by atomic mass is 35.5. The summed E-state index contributed by atoms with van der Waals surface area (Å²) in [7, 11) is 1.97. The van der Waals surface area contributed by atoms with Crippen LogP contribution >= 0.6 is 11.6 Å². The lowest BCUT2D eigenvalue weighted by atomic mass is 10.1. The molecule has 2 aromatic rings. The third-order valence-electron chi connectivity index (χ3n) is 3.38. The van der Waals surface area contributed by atoms with Crippen molar-refractivity contribution in [2.75, 3.05) is 13.6 Å². The molecule has 0 aliphatic heterocycles. The number of hydrogen-bond acceptors (Lipinski definition) is 2. The van der Waals surface area contributed by atoms with Crippen LogP contribution in [0.3, 0.4) is 0 Å². The van der Waals surface area contributed by atoms with Crippen molar-refractivity contribution in [3.8, 4) is 0 Å². The molecule has 1 aromatic carbocycles. The van der Waals surface area contributed by atoms with Crippen LogP contribution in [0.15, 0.2) is 24.3 Å². The highest BCUT2D eigenvalue weighted by Gasteiger charge is 2.11. The summed E-state index contributed by atoms with van der Waals surface area (Å²) in [6, 6.07) is 7.94. The molecule has 0 aliphatic carbocycles. The van der Waals surface area contributed by atoms with Gasteiger partial charge in [0.1, 0.15) is 0 Å². The lowest BCUT2D eigenvalue weighted by molar-refractivity contribution is 0.657. The minimum Gasteiger partial charge on any atom is -0.319 e. The second-order valence-electron chi connectivity index (χ2n) is 4.79. The number of aryl methyl sites for hydroxylation is 1. The Kier molecular flexibility index (Phi) is 4.61. The third-order valence-corrected chi connectivity index (χ3v) is 3.61. The van der Waals surface area contributed by atoms with E-state index in [4.69, 9.17) is 11.6 Å². The van der Waals surface area contributed by atoms with Crippen molar-refractivity contribution in [1.82, 2.24) is 15.1 Å². The van der Waals surface area contributed by atoms with Gasteiger partial charge < -0.3 is 5.32 Å². The fourth-order valence-electron chi connectivity index (χ4n) is 2.31. The number of aromatic nitrogens is 2. The largest absolute Gasteiger partial charge is 0.319 e. The lowest BCUT2D eigenvalue weighted by Crippen LogP contribution is -2.11. The van der Waals surface area contributed by atoms with Crippen LogP contribution < -0.4 is 5.32 Å². The first kappa shape index (κ1) is 14.1. The standard InChI is InChI=1S/C15H20ClN3/c1-11-15(7-8-17-3)12(2)19(18-11)10-13-5-4-6-14(16)9-13/h4-6,9,17H,7-8,10H2,1-3H3. The predicted molar refractivity (Wildman–Crippen MR) is 79.9 cm³/mol. The molecule has 0 bridgehead atoms. The Balaban J connectivity index is 2.21. The number of rotatable bonds is 5. The van der Waals surface area contributed by atoms with Gasteiger partial charge in [-0.15, -0.1) is 0 Å². The zero-order valence-corrected chi connectivity index (χ0v) is 12.5. The highest BCUT2D eigenvalue weighted by molar-refractivity contribution is 6.30. The summed E-state index contributed by atoms with van der Waals surface area (Å²) >= 11 is 6.02. The van der Waals surface area contributed by atoms with Gasteiger partial charge in [0.15, 0.2) is 0 Å². The van der Waals surface area contributed by atoms with Gasteiger partial charge in [0.05, 0.1) is 12.2 Å². The molecule has 0 amide bonds. The minimum atomic E-state index is 0.771. The average molecular weight is 278 g/mol. The number of likely N-dealkylation sites (N-methyl/N-ethyl adjacent to an activating group) is 1. The minimum absolute atomic E-state index is 0.771. The van der Waals surface area contributed by atoms with E-state index in [1.54, 1.807) is 0 Å². The van der Waals surface area contributed by atoms with Crippen LogP contribution in [0.4, 0.5) is 0 Å². The SMILES string of the molecule is CNCCc1c(C)nn(Cc2cccc(Cl)c2)c1C. The number of benzene rings is 1. The summed E-state index contributed by atoms with van der Waals surface area (Å²) in [5.74, 6) is 0. The lowest BCUT2D eigenvalue weighted by Gasteiger charge is -2.06. The number of nitrogens with one attached hydrogen (secondary N) is 1. The summed E-state index contributed by atoms with van der Waals surface area (Å²) in [4.78, 5) is 0. The van der Waals surface area contributed by atoms with Gasteiger partial charge in [0.25, 0.3) is 0 Å². The van der Waals surface area contributed by atoms with Crippen molar-refractivity contribution in [3.05, 3.63) is 51.8 Å². The van der Waals surface area contributed by atoms with Gasteiger partial charge in [0.2, 0.25) is 0 Å². The van der Waals surface area contributed by atoms with Gasteiger partial charge in [-0.25, -0.2) is 0 Å². The number of nitrogens with zero attached hydrogens (tertiary/aromatic N) is 2. The normalized spacial score (nSPS) is 10.9. The van der Waals surface area contributed by atoms with Gasteiger partial charge in [-0.05, 0) is 57.1 Å². The molecule has 0 radical (unpaired) electrons. The second-order valence-corrected chi connectivity index (χ2v) is 5.23. The number of halogens is 1. The Hall–Kier alpha value is -1.32. The fraction of sp³-hybridized carbons (Fsp3) is 0.400. The first-order chi connectivity index (χ1) is 9.11. The molecule has 0 saturated carbocycles. The summed E-state index contributed by atoms with van der Waals surface area (Å²) in [5, 5.41) is 8.59. The van der Waals surface area contributed by atoms with Crippen LogP contribution in [0.2, 0.25) is 5.02 Å². The van der Waals surface area contributed by atoms with E-state index in [9.17, 15) is 0 Å². The van der Waals surface area contributed by atoms with Crippen molar-refractivity contribution < 1.29 is 0 Å². The van der Waals surface area contributed by atoms with Crippen molar-refractivity contribution in [3.63, 3.8) is 0 Å². The van der Waals surface area contributed by atoms with E-state index in [1.807, 2.05) is 25.2 Å². The van der Waals surface area contributed by atoms with Gasteiger partial charge in [-0.2, -0.15) is 5.10 Å². The topological polar surface area (TPSA) is 29.9 Å². The van der Waals surface area contributed by atoms with Crippen molar-refractivity contribution in [2.24, 2.45) is 0 Å². The molecule has 1 heterocycles. The third kappa shape index (κ3) is 3.37. The van der Waals surface area contributed by atoms with E-state index in [1.165, 1.54) is 16.8 Å². The van der Waals surface area contributed by atoms with E-state index >= 15 is 0 Å². The Morgan fingerprint density at radius 3 is 2.79 bits per heavy atom. The molecule has 4 heteroatoms. The van der Waals surface area contributed by atoms with Crippen molar-refractivity contribution in [1.29, 1.82) is 0 Å². The van der Waals surface area contributed by atoms with Gasteiger partial charge in [-0.3, -0.25) is 4.68 Å². The molecule has 0 spiro atoms. The molecular formula is C15H20ClN3. The average Bonchev–Trinajstić information content (AvgIpc) is 2.62. The smallest absolute Gasteiger partial charge is 0.0663 e. The molecule has 0 atom stereocenters. The zero-order chi connectivity index (χ0) is 13.8. The van der Waals surface area contributed by atoms with Crippen LogP contribution in [-0.2, 0) is 13.0 Å². The highest BCUT2D eigenvalue weighted by Crippen LogP contribution is 2.17. The first-order valence-corrected chi connectivity index (χ1v) is 6.91. The molecule has 0 unspecified atom stereocenters. The monoisotopic (exact) mass is 277 g/mol. The second kappa shape index (κ2) is 6.22. The summed E-state index contributed by atoms with van der Waals surface area (Å²) in [6.07, 6.45) is 1.02. The molecular weight excluding hydrogens is 258 g/mol. The van der Waals surface area contributed by atoms with Gasteiger partial charge in [0, 0.05) is 10.7 Å². The molecule has 19 heavy (non-hydrogen) atoms. The van der Waals surface area contributed by atoms with E-state index in [0.717, 1.165) is 30.2 Å². The Morgan fingerprint density at radius 2 is 2.11 bits per heavy atom. The molecule has 3 nitrogen and oxygen atoms in total. The van der Waals surface area contributed by atoms with Crippen LogP contribution in [-0.4, -0.2) is 23.4 Å². The molecule has 1 aromatic heterocycles. The molecule has 0 aliphatic rings. The summed E-state index contributed by atoms with van der Waals surface area (Å²) in [6.45, 7) is 5.96. The number of hydrogen-bond donors (Lipinski definition) is 1. The quantitative estimate of drug-likeness (QED) is 0.911. The summed E-state index contributed by atoms with van der Waals surface area (Å²) in [5.41, 5.74) is 4.89. The molecule has 102 valence electrons. The van der Waals surface area contributed by atoms with E-state index in [0.29, 0.717) is 0 Å². The van der Waals surface area contributed by atoms with Crippen LogP contribution in [0.5, 0.6) is 0 Å². The Labute approximate surface area is 119 Å². The maximum Gasteiger partial charge on any atom is 0.0663 e. The van der Waals surface area contributed by atoms with Gasteiger partial charge in [-0.1, -0.05) is 23.7 Å². The molecule has 0 fully saturated rings. The zero-order valence-electron chi connectivity index (χ0n) is 11.7. The van der Waals surface area contributed by atoms with E-state index < -0.39 is 0 Å². The van der Waals surface area contributed by atoms with Crippen molar-refractivity contribution in [2.45, 2.75) is 26.8 Å². The maximum atomic E-state index is 6.02. The first-order valence-electron chi connectivity index (χ1n) is 6.53. The van der Waals surface area contributed by atoms with Crippen LogP contribution in [0, 0.1) is 13.8 Å². The maximum absolute atomic E-state index is 6.02. The molecule has 1 N–H and O–H groups in total. The predicted octanol–water partition coefficient (Wildman–Crippen LogP) is 2.96. The van der Waals surface area contributed by atoms with E-state index in [2.05, 4.69) is 35.0 Å². The Bertz CT molecular complexity index is 561. The molecule has 2 rings (SSSR count). The van der Waals surface area contributed by atoms with E-state index in [-0.39, 0.29) is 0 Å². The van der Waals surface area contributed by atoms with Gasteiger partial charge >= 0.3 is 0 Å².